The van der Waals surface area contributed by atoms with Gasteiger partial charge in [-0.15, -0.1) is 0 Å². The third-order valence-corrected chi connectivity index (χ3v) is 2.45. The van der Waals surface area contributed by atoms with E-state index in [1.54, 1.807) is 0 Å². The minimum Gasteiger partial charge on any atom is -0.481 e. The Morgan fingerprint density at radius 3 is 2.64 bits per heavy atom. The highest BCUT2D eigenvalue weighted by molar-refractivity contribution is 5.70. The molecular weight excluding hydrogens is 146 g/mol. The number of carbonyl (C=O) groups is 1. The van der Waals surface area contributed by atoms with Crippen molar-refractivity contribution < 1.29 is 14.6 Å². The molecule has 0 saturated carbocycles. The second-order valence-electron chi connectivity index (χ2n) is 3.34. The van der Waals surface area contributed by atoms with Gasteiger partial charge < -0.3 is 15.2 Å². The maximum Gasteiger partial charge on any atom is 0.308 e. The topological polar surface area (TPSA) is 58.6 Å². The lowest BCUT2D eigenvalue weighted by molar-refractivity contribution is -0.141. The van der Waals surface area contributed by atoms with E-state index in [0.29, 0.717) is 13.0 Å². The normalized spacial score (nSPS) is 33.6. The molecule has 2 aliphatic heterocycles. The van der Waals surface area contributed by atoms with Crippen LogP contribution in [-0.2, 0) is 9.53 Å². The van der Waals surface area contributed by atoms with Crippen LogP contribution in [-0.4, -0.2) is 36.4 Å². The van der Waals surface area contributed by atoms with E-state index in [9.17, 15) is 4.79 Å². The first kappa shape index (κ1) is 7.06. The number of nitrogens with one attached hydrogen (secondary N) is 1. The number of carboxylic acids is 1. The van der Waals surface area contributed by atoms with Gasteiger partial charge in [0.1, 0.15) is 0 Å². The van der Waals surface area contributed by atoms with E-state index in [-0.39, 0.29) is 11.5 Å². The molecule has 0 aliphatic carbocycles. The predicted octanol–water partition coefficient (Wildman–Crippen LogP) is -0.551. The number of rotatable bonds is 1. The summed E-state index contributed by atoms with van der Waals surface area (Å²) >= 11 is 0. The first-order chi connectivity index (χ1) is 5.22. The van der Waals surface area contributed by atoms with Crippen LogP contribution in [0.2, 0.25) is 0 Å². The highest BCUT2D eigenvalue weighted by Gasteiger charge is 2.47. The summed E-state index contributed by atoms with van der Waals surface area (Å²) in [6.45, 7) is 2.02. The van der Waals surface area contributed by atoms with Gasteiger partial charge in [0.15, 0.2) is 0 Å². The highest BCUT2D eigenvalue weighted by Crippen LogP contribution is 2.32. The monoisotopic (exact) mass is 157 g/mol. The van der Waals surface area contributed by atoms with Gasteiger partial charge in [0.2, 0.25) is 0 Å². The van der Waals surface area contributed by atoms with Crippen molar-refractivity contribution in [3.8, 4) is 0 Å². The molecule has 1 unspecified atom stereocenters. The third-order valence-electron chi connectivity index (χ3n) is 2.45. The Bertz CT molecular complexity index is 188. The Hall–Kier alpha value is -0.610. The van der Waals surface area contributed by atoms with Crippen LogP contribution in [0.25, 0.3) is 0 Å². The summed E-state index contributed by atoms with van der Waals surface area (Å²) in [5.41, 5.74) is -0.122. The van der Waals surface area contributed by atoms with Gasteiger partial charge in [0.25, 0.3) is 0 Å². The van der Waals surface area contributed by atoms with Gasteiger partial charge in [0, 0.05) is 13.1 Å². The fourth-order valence-corrected chi connectivity index (χ4v) is 1.65. The number of aliphatic carboxylic acids is 1. The fraction of sp³-hybridized carbons (Fsp3) is 0.857. The molecule has 0 bridgehead atoms. The number of hydrogen-bond donors (Lipinski definition) is 2. The highest BCUT2D eigenvalue weighted by atomic mass is 16.5. The molecule has 4 nitrogen and oxygen atoms in total. The van der Waals surface area contributed by atoms with Crippen LogP contribution >= 0.6 is 0 Å². The first-order valence-electron chi connectivity index (χ1n) is 3.79. The van der Waals surface area contributed by atoms with E-state index < -0.39 is 5.97 Å². The van der Waals surface area contributed by atoms with Gasteiger partial charge >= 0.3 is 5.97 Å². The average molecular weight is 157 g/mol. The Morgan fingerprint density at radius 1 is 1.64 bits per heavy atom. The van der Waals surface area contributed by atoms with E-state index in [2.05, 4.69) is 5.32 Å². The van der Waals surface area contributed by atoms with Gasteiger partial charge in [-0.1, -0.05) is 0 Å². The molecule has 4 heteroatoms. The zero-order valence-electron chi connectivity index (χ0n) is 6.17. The molecule has 2 fully saturated rings. The Kier molecular flexibility index (Phi) is 1.40. The predicted molar refractivity (Wildman–Crippen MR) is 37.3 cm³/mol. The zero-order chi connectivity index (χ0) is 7.90. The fourth-order valence-electron chi connectivity index (χ4n) is 1.65. The van der Waals surface area contributed by atoms with E-state index in [0.717, 1.165) is 13.1 Å². The van der Waals surface area contributed by atoms with Gasteiger partial charge in [-0.3, -0.25) is 4.79 Å². The minimum atomic E-state index is -0.728. The van der Waals surface area contributed by atoms with Crippen LogP contribution in [0.1, 0.15) is 6.42 Å². The van der Waals surface area contributed by atoms with Crippen LogP contribution in [0, 0.1) is 5.92 Å². The smallest absolute Gasteiger partial charge is 0.308 e. The summed E-state index contributed by atoms with van der Waals surface area (Å²) < 4.78 is 5.41. The number of ether oxygens (including phenoxy) is 1. The standard InChI is InChI=1S/C7H11NO3/c9-6(10)5-1-7(11-2-5)3-8-4-7/h5,8H,1-4H2,(H,9,10). The van der Waals surface area contributed by atoms with Gasteiger partial charge in [-0.2, -0.15) is 0 Å². The molecule has 0 aromatic carbocycles. The first-order valence-corrected chi connectivity index (χ1v) is 3.79. The van der Waals surface area contributed by atoms with E-state index in [4.69, 9.17) is 9.84 Å². The van der Waals surface area contributed by atoms with E-state index >= 15 is 0 Å². The molecule has 0 aromatic rings. The van der Waals surface area contributed by atoms with E-state index in [1.807, 2.05) is 0 Å². The molecule has 2 heterocycles. The van der Waals surface area contributed by atoms with Crippen molar-refractivity contribution in [3.05, 3.63) is 0 Å². The van der Waals surface area contributed by atoms with Crippen molar-refractivity contribution in [3.63, 3.8) is 0 Å². The Morgan fingerprint density at radius 2 is 2.36 bits per heavy atom. The number of carboxylic acid groups (broad SMARTS) is 1. The van der Waals surface area contributed by atoms with Crippen molar-refractivity contribution in [2.24, 2.45) is 5.92 Å². The Labute approximate surface area is 64.5 Å². The van der Waals surface area contributed by atoms with Crippen LogP contribution in [0.5, 0.6) is 0 Å². The molecule has 1 spiro atoms. The van der Waals surface area contributed by atoms with Crippen molar-refractivity contribution in [1.82, 2.24) is 5.32 Å². The van der Waals surface area contributed by atoms with Gasteiger partial charge in [-0.25, -0.2) is 0 Å². The second-order valence-corrected chi connectivity index (χ2v) is 3.34. The van der Waals surface area contributed by atoms with Crippen molar-refractivity contribution in [2.75, 3.05) is 19.7 Å². The molecule has 11 heavy (non-hydrogen) atoms. The summed E-state index contributed by atoms with van der Waals surface area (Å²) in [5, 5.41) is 11.8. The molecule has 1 atom stereocenters. The summed E-state index contributed by atoms with van der Waals surface area (Å²) in [4.78, 5) is 10.5. The molecule has 2 aliphatic rings. The van der Waals surface area contributed by atoms with Crippen LogP contribution in [0.3, 0.4) is 0 Å². The molecule has 0 aromatic heterocycles. The maximum absolute atomic E-state index is 10.5. The third kappa shape index (κ3) is 1.02. The molecule has 0 amide bonds. The lowest BCUT2D eigenvalue weighted by Crippen LogP contribution is -2.59. The van der Waals surface area contributed by atoms with Crippen LogP contribution < -0.4 is 5.32 Å². The molecule has 2 rings (SSSR count). The zero-order valence-corrected chi connectivity index (χ0v) is 6.17. The van der Waals surface area contributed by atoms with Crippen molar-refractivity contribution in [1.29, 1.82) is 0 Å². The molecular formula is C7H11NO3. The Balaban J connectivity index is 1.98. The SMILES string of the molecule is O=C(O)C1COC2(CNC2)C1. The van der Waals surface area contributed by atoms with Crippen molar-refractivity contribution >= 4 is 5.97 Å². The minimum absolute atomic E-state index is 0.122. The summed E-state index contributed by atoms with van der Waals surface area (Å²) in [6, 6.07) is 0. The van der Waals surface area contributed by atoms with Crippen LogP contribution in [0.4, 0.5) is 0 Å². The molecule has 0 radical (unpaired) electrons. The largest absolute Gasteiger partial charge is 0.481 e. The van der Waals surface area contributed by atoms with Crippen molar-refractivity contribution in [2.45, 2.75) is 12.0 Å². The second kappa shape index (κ2) is 2.19. The maximum atomic E-state index is 10.5. The lowest BCUT2D eigenvalue weighted by Gasteiger charge is -2.38. The summed E-state index contributed by atoms with van der Waals surface area (Å²) in [7, 11) is 0. The molecule has 2 saturated heterocycles. The van der Waals surface area contributed by atoms with E-state index in [1.165, 1.54) is 0 Å². The van der Waals surface area contributed by atoms with Gasteiger partial charge in [0.05, 0.1) is 18.1 Å². The summed E-state index contributed by atoms with van der Waals surface area (Å²) in [5.74, 6) is -1.01. The quantitative estimate of drug-likeness (QED) is 0.536. The van der Waals surface area contributed by atoms with Gasteiger partial charge in [-0.05, 0) is 6.42 Å². The summed E-state index contributed by atoms with van der Waals surface area (Å²) in [6.07, 6.45) is 0.676. The van der Waals surface area contributed by atoms with Crippen LogP contribution in [0.15, 0.2) is 0 Å². The molecule has 2 N–H and O–H groups in total. The number of hydrogen-bond acceptors (Lipinski definition) is 3. The molecule has 62 valence electrons. The average Bonchev–Trinajstić information content (AvgIpc) is 2.28. The lowest BCUT2D eigenvalue weighted by atomic mass is 9.89.